The third kappa shape index (κ3) is 4.42. The van der Waals surface area contributed by atoms with E-state index in [-0.39, 0.29) is 34.5 Å². The van der Waals surface area contributed by atoms with E-state index in [0.717, 1.165) is 4.31 Å². The first-order chi connectivity index (χ1) is 11.7. The molecule has 1 aliphatic rings. The molecule has 1 heterocycles. The molecular formula is C14H17Cl2N3O5S. The van der Waals surface area contributed by atoms with Crippen LogP contribution in [0.4, 0.5) is 0 Å². The molecule has 1 saturated heterocycles. The standard InChI is InChI=1S/C14H17Cl2N3O5S/c15-8-4-9(16)6-10(5-8)25(23,24)19-3-1-2-12(19)13(20)18-11(7-17)14(21)22/h4-6,11-12H,1-3,7,17H2,(H,18,20)(H,21,22)/t11-,12-/m0/s1. The second kappa shape index (κ2) is 7.88. The number of halogens is 2. The minimum absolute atomic E-state index is 0.127. The molecule has 0 radical (unpaired) electrons. The number of amides is 1. The summed E-state index contributed by atoms with van der Waals surface area (Å²) in [7, 11) is -4.02. The van der Waals surface area contributed by atoms with Gasteiger partial charge in [-0.2, -0.15) is 4.31 Å². The molecule has 0 unspecified atom stereocenters. The van der Waals surface area contributed by atoms with Gasteiger partial charge < -0.3 is 16.2 Å². The number of hydrogen-bond acceptors (Lipinski definition) is 5. The smallest absolute Gasteiger partial charge is 0.327 e. The molecule has 1 aromatic rings. The first kappa shape index (κ1) is 19.9. The second-order valence-electron chi connectivity index (χ2n) is 5.51. The summed E-state index contributed by atoms with van der Waals surface area (Å²) in [4.78, 5) is 23.2. The third-order valence-electron chi connectivity index (χ3n) is 3.80. The monoisotopic (exact) mass is 409 g/mol. The Balaban J connectivity index is 2.28. The van der Waals surface area contributed by atoms with E-state index in [4.69, 9.17) is 34.0 Å². The number of carboxylic acids is 1. The van der Waals surface area contributed by atoms with Gasteiger partial charge in [0.15, 0.2) is 0 Å². The molecule has 8 nitrogen and oxygen atoms in total. The lowest BCUT2D eigenvalue weighted by Crippen LogP contribution is -2.53. The van der Waals surface area contributed by atoms with Crippen LogP contribution in [-0.2, 0) is 19.6 Å². The van der Waals surface area contributed by atoms with Crippen LogP contribution < -0.4 is 11.1 Å². The van der Waals surface area contributed by atoms with Gasteiger partial charge in [0.05, 0.1) is 4.90 Å². The maximum absolute atomic E-state index is 12.8. The van der Waals surface area contributed by atoms with Gasteiger partial charge in [-0.1, -0.05) is 23.2 Å². The fraction of sp³-hybridized carbons (Fsp3) is 0.429. The van der Waals surface area contributed by atoms with Gasteiger partial charge in [0.25, 0.3) is 0 Å². The molecule has 1 amide bonds. The van der Waals surface area contributed by atoms with E-state index < -0.39 is 34.0 Å². The predicted octanol–water partition coefficient (Wildman–Crippen LogP) is 0.675. The average molecular weight is 410 g/mol. The fourth-order valence-electron chi connectivity index (χ4n) is 2.59. The zero-order chi connectivity index (χ0) is 18.8. The van der Waals surface area contributed by atoms with Gasteiger partial charge in [0.1, 0.15) is 12.1 Å². The zero-order valence-corrected chi connectivity index (χ0v) is 15.3. The number of carboxylic acid groups (broad SMARTS) is 1. The molecule has 0 aliphatic carbocycles. The van der Waals surface area contributed by atoms with Gasteiger partial charge in [-0.15, -0.1) is 0 Å². The van der Waals surface area contributed by atoms with Crippen LogP contribution in [0.3, 0.4) is 0 Å². The minimum atomic E-state index is -4.02. The molecule has 25 heavy (non-hydrogen) atoms. The van der Waals surface area contributed by atoms with Gasteiger partial charge in [0.2, 0.25) is 15.9 Å². The topological polar surface area (TPSA) is 130 Å². The summed E-state index contributed by atoms with van der Waals surface area (Å²) in [6, 6.07) is 1.59. The van der Waals surface area contributed by atoms with Crippen LogP contribution in [0.15, 0.2) is 23.1 Å². The van der Waals surface area contributed by atoms with Gasteiger partial charge in [-0.3, -0.25) is 4.79 Å². The van der Waals surface area contributed by atoms with Crippen LogP contribution in [0.2, 0.25) is 10.0 Å². The number of aliphatic carboxylic acids is 1. The van der Waals surface area contributed by atoms with Gasteiger partial charge in [-0.05, 0) is 31.0 Å². The van der Waals surface area contributed by atoms with E-state index >= 15 is 0 Å². The molecule has 2 rings (SSSR count). The van der Waals surface area contributed by atoms with E-state index in [1.165, 1.54) is 18.2 Å². The Hall–Kier alpha value is -1.39. The van der Waals surface area contributed by atoms with E-state index in [9.17, 15) is 18.0 Å². The van der Waals surface area contributed by atoms with E-state index in [1.54, 1.807) is 0 Å². The van der Waals surface area contributed by atoms with Crippen molar-refractivity contribution in [2.75, 3.05) is 13.1 Å². The highest BCUT2D eigenvalue weighted by Crippen LogP contribution is 2.29. The van der Waals surface area contributed by atoms with Crippen LogP contribution >= 0.6 is 23.2 Å². The fourth-order valence-corrected chi connectivity index (χ4v) is 4.98. The van der Waals surface area contributed by atoms with Crippen molar-refractivity contribution in [2.45, 2.75) is 29.8 Å². The maximum Gasteiger partial charge on any atom is 0.327 e. The number of nitrogens with one attached hydrogen (secondary N) is 1. The summed E-state index contributed by atoms with van der Waals surface area (Å²) in [6.45, 7) is -0.171. The molecule has 2 atom stereocenters. The van der Waals surface area contributed by atoms with E-state index in [0.29, 0.717) is 6.42 Å². The lowest BCUT2D eigenvalue weighted by Gasteiger charge is -2.24. The summed E-state index contributed by atoms with van der Waals surface area (Å²) in [5.74, 6) is -1.99. The molecule has 1 aromatic carbocycles. The average Bonchev–Trinajstić information content (AvgIpc) is 3.01. The van der Waals surface area contributed by atoms with E-state index in [1.807, 2.05) is 0 Å². The highest BCUT2D eigenvalue weighted by Gasteiger charge is 2.40. The van der Waals surface area contributed by atoms with Crippen LogP contribution in [0.25, 0.3) is 0 Å². The summed E-state index contributed by atoms with van der Waals surface area (Å²) in [5, 5.41) is 11.5. The first-order valence-electron chi connectivity index (χ1n) is 7.38. The Bertz CT molecular complexity index is 766. The second-order valence-corrected chi connectivity index (χ2v) is 8.28. The molecule has 1 fully saturated rings. The normalized spacial score (nSPS) is 19.6. The van der Waals surface area contributed by atoms with Crippen LogP contribution in [0.5, 0.6) is 0 Å². The van der Waals surface area contributed by atoms with Crippen LogP contribution in [-0.4, -0.2) is 54.9 Å². The van der Waals surface area contributed by atoms with Crippen molar-refractivity contribution in [3.05, 3.63) is 28.2 Å². The Morgan fingerprint density at radius 2 is 1.92 bits per heavy atom. The lowest BCUT2D eigenvalue weighted by molar-refractivity contribution is -0.142. The molecule has 0 saturated carbocycles. The molecule has 0 spiro atoms. The summed E-state index contributed by atoms with van der Waals surface area (Å²) in [5.41, 5.74) is 5.31. The SMILES string of the molecule is NC[C@H](NC(=O)[C@@H]1CCCN1S(=O)(=O)c1cc(Cl)cc(Cl)c1)C(=O)O. The summed E-state index contributed by atoms with van der Waals surface area (Å²) < 4.78 is 26.7. The third-order valence-corrected chi connectivity index (χ3v) is 6.12. The largest absolute Gasteiger partial charge is 0.480 e. The molecule has 11 heteroatoms. The van der Waals surface area contributed by atoms with Gasteiger partial charge in [0, 0.05) is 23.1 Å². The van der Waals surface area contributed by atoms with Gasteiger partial charge in [-0.25, -0.2) is 13.2 Å². The quantitative estimate of drug-likeness (QED) is 0.632. The first-order valence-corrected chi connectivity index (χ1v) is 9.57. The molecule has 4 N–H and O–H groups in total. The Labute approximate surface area is 154 Å². The Morgan fingerprint density at radius 1 is 1.32 bits per heavy atom. The van der Waals surface area contributed by atoms with Crippen LogP contribution in [0, 0.1) is 0 Å². The number of nitrogens with two attached hydrogens (primary N) is 1. The lowest BCUT2D eigenvalue weighted by atomic mass is 10.2. The molecule has 138 valence electrons. The highest BCUT2D eigenvalue weighted by molar-refractivity contribution is 7.89. The number of benzene rings is 1. The summed E-state index contributed by atoms with van der Waals surface area (Å²) >= 11 is 11.7. The molecule has 1 aliphatic heterocycles. The number of sulfonamides is 1. The Kier molecular flexibility index (Phi) is 6.28. The Morgan fingerprint density at radius 3 is 2.44 bits per heavy atom. The van der Waals surface area contributed by atoms with Crippen molar-refractivity contribution in [1.29, 1.82) is 0 Å². The highest BCUT2D eigenvalue weighted by atomic mass is 35.5. The molecular weight excluding hydrogens is 393 g/mol. The zero-order valence-electron chi connectivity index (χ0n) is 13.0. The maximum atomic E-state index is 12.8. The number of carbonyl (C=O) groups is 2. The number of nitrogens with zero attached hydrogens (tertiary/aromatic N) is 1. The van der Waals surface area contributed by atoms with Crippen molar-refractivity contribution in [3.8, 4) is 0 Å². The van der Waals surface area contributed by atoms with Crippen molar-refractivity contribution < 1.29 is 23.1 Å². The van der Waals surface area contributed by atoms with Crippen molar-refractivity contribution in [1.82, 2.24) is 9.62 Å². The van der Waals surface area contributed by atoms with Gasteiger partial charge >= 0.3 is 5.97 Å². The van der Waals surface area contributed by atoms with Crippen molar-refractivity contribution in [2.24, 2.45) is 5.73 Å². The van der Waals surface area contributed by atoms with Crippen LogP contribution in [0.1, 0.15) is 12.8 Å². The van der Waals surface area contributed by atoms with Crippen molar-refractivity contribution in [3.63, 3.8) is 0 Å². The number of rotatable bonds is 6. The minimum Gasteiger partial charge on any atom is -0.480 e. The molecule has 0 bridgehead atoms. The predicted molar refractivity (Wildman–Crippen MR) is 92.0 cm³/mol. The number of carbonyl (C=O) groups excluding carboxylic acids is 1. The number of hydrogen-bond donors (Lipinski definition) is 3. The van der Waals surface area contributed by atoms with E-state index in [2.05, 4.69) is 5.32 Å². The van der Waals surface area contributed by atoms with Crippen molar-refractivity contribution >= 4 is 45.1 Å². The summed E-state index contributed by atoms with van der Waals surface area (Å²) in [6.07, 6.45) is 0.738. The molecule has 0 aromatic heterocycles.